The van der Waals surface area contributed by atoms with Crippen LogP contribution in [0.2, 0.25) is 5.02 Å². The minimum absolute atomic E-state index is 0.0155. The molecule has 26 heavy (non-hydrogen) atoms. The molecular formula is C19H22ClNO4S. The van der Waals surface area contributed by atoms with Gasteiger partial charge >= 0.3 is 10.1 Å². The average Bonchev–Trinajstić information content (AvgIpc) is 2.58. The minimum Gasteiger partial charge on any atom is -0.383 e. The lowest BCUT2D eigenvalue weighted by Gasteiger charge is -2.29. The molecule has 0 aliphatic carbocycles. The van der Waals surface area contributed by atoms with E-state index < -0.39 is 10.1 Å². The quantitative estimate of drug-likeness (QED) is 0.661. The first-order valence-electron chi connectivity index (χ1n) is 8.25. The molecule has 2 rings (SSSR count). The summed E-state index contributed by atoms with van der Waals surface area (Å²) in [6.45, 7) is 4.28. The van der Waals surface area contributed by atoms with E-state index in [1.165, 1.54) is 0 Å². The van der Waals surface area contributed by atoms with Crippen LogP contribution in [0.1, 0.15) is 36.2 Å². The molecule has 0 unspecified atom stereocenters. The van der Waals surface area contributed by atoms with E-state index in [-0.39, 0.29) is 17.7 Å². The van der Waals surface area contributed by atoms with Gasteiger partial charge in [0.25, 0.3) is 5.91 Å². The van der Waals surface area contributed by atoms with Crippen LogP contribution in [-0.2, 0) is 16.7 Å². The van der Waals surface area contributed by atoms with Gasteiger partial charge in [-0.05, 0) is 43.2 Å². The van der Waals surface area contributed by atoms with E-state index in [2.05, 4.69) is 0 Å². The van der Waals surface area contributed by atoms with Gasteiger partial charge in [-0.15, -0.1) is 0 Å². The Morgan fingerprint density at radius 3 is 2.50 bits per heavy atom. The van der Waals surface area contributed by atoms with Crippen molar-refractivity contribution in [2.45, 2.75) is 32.9 Å². The van der Waals surface area contributed by atoms with Crippen LogP contribution in [0.25, 0.3) is 0 Å². The average molecular weight is 396 g/mol. The maximum absolute atomic E-state index is 13.0. The Labute approximate surface area is 159 Å². The number of hydrogen-bond donors (Lipinski definition) is 0. The van der Waals surface area contributed by atoms with Crippen LogP contribution in [-0.4, -0.2) is 31.5 Å². The summed E-state index contributed by atoms with van der Waals surface area (Å²) in [5.41, 5.74) is 1.21. The molecule has 0 saturated carbocycles. The summed E-state index contributed by atoms with van der Waals surface area (Å²) in [5, 5.41) is 0.403. The third kappa shape index (κ3) is 5.47. The Morgan fingerprint density at radius 2 is 1.88 bits per heavy atom. The highest BCUT2D eigenvalue weighted by molar-refractivity contribution is 7.86. The number of rotatable bonds is 7. The summed E-state index contributed by atoms with van der Waals surface area (Å²) in [4.78, 5) is 14.7. The van der Waals surface area contributed by atoms with Gasteiger partial charge in [0.05, 0.1) is 16.8 Å². The second-order valence-electron chi connectivity index (χ2n) is 6.11. The monoisotopic (exact) mass is 395 g/mol. The standard InChI is InChI=1S/C19H22ClNO4S/c1-4-14(2)21(19(22)17-10-5-6-11-18(17)20)13-15-8-7-9-16(12-15)25-26(3,23)24/h5-12,14H,4,13H2,1-3H3/t14-/m1/s1. The molecule has 0 aliphatic heterocycles. The van der Waals surface area contributed by atoms with Crippen LogP contribution in [0.5, 0.6) is 5.75 Å². The van der Waals surface area contributed by atoms with Gasteiger partial charge in [-0.1, -0.05) is 42.8 Å². The molecule has 2 aromatic carbocycles. The van der Waals surface area contributed by atoms with Crippen molar-refractivity contribution in [3.8, 4) is 5.75 Å². The van der Waals surface area contributed by atoms with Crippen LogP contribution in [0.4, 0.5) is 0 Å². The molecule has 0 heterocycles. The number of carbonyl (C=O) groups is 1. The van der Waals surface area contributed by atoms with Gasteiger partial charge in [0.2, 0.25) is 0 Å². The lowest BCUT2D eigenvalue weighted by atomic mass is 10.1. The fourth-order valence-corrected chi connectivity index (χ4v) is 3.17. The van der Waals surface area contributed by atoms with Gasteiger partial charge in [-0.3, -0.25) is 4.79 Å². The summed E-state index contributed by atoms with van der Waals surface area (Å²) >= 11 is 6.18. The van der Waals surface area contributed by atoms with E-state index >= 15 is 0 Å². The first-order chi connectivity index (χ1) is 12.2. The number of benzene rings is 2. The second-order valence-corrected chi connectivity index (χ2v) is 8.09. The highest BCUT2D eigenvalue weighted by Crippen LogP contribution is 2.22. The zero-order valence-electron chi connectivity index (χ0n) is 15.0. The van der Waals surface area contributed by atoms with Gasteiger partial charge in [0, 0.05) is 12.6 Å². The molecule has 0 N–H and O–H groups in total. The van der Waals surface area contributed by atoms with Gasteiger partial charge in [-0.25, -0.2) is 0 Å². The zero-order valence-corrected chi connectivity index (χ0v) is 16.5. The van der Waals surface area contributed by atoms with E-state index in [0.717, 1.165) is 18.2 Å². The number of halogens is 1. The molecule has 1 atom stereocenters. The predicted molar refractivity (Wildman–Crippen MR) is 103 cm³/mol. The van der Waals surface area contributed by atoms with Crippen molar-refractivity contribution in [1.82, 2.24) is 4.90 Å². The molecule has 0 radical (unpaired) electrons. The maximum Gasteiger partial charge on any atom is 0.306 e. The normalized spacial score (nSPS) is 12.5. The highest BCUT2D eigenvalue weighted by Gasteiger charge is 2.22. The third-order valence-electron chi connectivity index (χ3n) is 3.99. The van der Waals surface area contributed by atoms with Crippen molar-refractivity contribution in [1.29, 1.82) is 0 Å². The van der Waals surface area contributed by atoms with Crippen molar-refractivity contribution >= 4 is 27.6 Å². The Kier molecular flexibility index (Phi) is 6.67. The molecule has 0 aromatic heterocycles. The molecule has 0 fully saturated rings. The molecule has 0 spiro atoms. The molecule has 140 valence electrons. The lowest BCUT2D eigenvalue weighted by molar-refractivity contribution is 0.0671. The van der Waals surface area contributed by atoms with Crippen molar-refractivity contribution in [2.75, 3.05) is 6.26 Å². The lowest BCUT2D eigenvalue weighted by Crippen LogP contribution is -2.38. The summed E-state index contributed by atoms with van der Waals surface area (Å²) in [6, 6.07) is 13.6. The van der Waals surface area contributed by atoms with Crippen LogP contribution < -0.4 is 4.18 Å². The first-order valence-corrected chi connectivity index (χ1v) is 10.4. The largest absolute Gasteiger partial charge is 0.383 e. The Hall–Kier alpha value is -2.05. The third-order valence-corrected chi connectivity index (χ3v) is 4.81. The maximum atomic E-state index is 13.0. The van der Waals surface area contributed by atoms with E-state index in [9.17, 15) is 13.2 Å². The number of carbonyl (C=O) groups excluding carboxylic acids is 1. The molecular weight excluding hydrogens is 374 g/mol. The van der Waals surface area contributed by atoms with Gasteiger partial charge in [0.1, 0.15) is 5.75 Å². The molecule has 0 aliphatic rings. The second kappa shape index (κ2) is 8.56. The molecule has 0 saturated heterocycles. The minimum atomic E-state index is -3.61. The summed E-state index contributed by atoms with van der Waals surface area (Å²) in [6.07, 6.45) is 1.77. The van der Waals surface area contributed by atoms with Crippen LogP contribution in [0.15, 0.2) is 48.5 Å². The zero-order chi connectivity index (χ0) is 19.3. The van der Waals surface area contributed by atoms with Gasteiger partial charge in [-0.2, -0.15) is 8.42 Å². The van der Waals surface area contributed by atoms with E-state index in [4.69, 9.17) is 15.8 Å². The fraction of sp³-hybridized carbons (Fsp3) is 0.316. The molecule has 5 nitrogen and oxygen atoms in total. The highest BCUT2D eigenvalue weighted by atomic mass is 35.5. The van der Waals surface area contributed by atoms with Gasteiger partial charge in [0.15, 0.2) is 0 Å². The summed E-state index contributed by atoms with van der Waals surface area (Å²) in [5.74, 6) is 0.0543. The smallest absolute Gasteiger partial charge is 0.306 e. The van der Waals surface area contributed by atoms with Crippen molar-refractivity contribution < 1.29 is 17.4 Å². The van der Waals surface area contributed by atoms with Crippen molar-refractivity contribution in [3.63, 3.8) is 0 Å². The molecule has 2 aromatic rings. The Bertz CT molecular complexity index is 883. The number of amides is 1. The van der Waals surface area contributed by atoms with Crippen LogP contribution in [0, 0.1) is 0 Å². The van der Waals surface area contributed by atoms with Crippen LogP contribution in [0.3, 0.4) is 0 Å². The number of hydrogen-bond acceptors (Lipinski definition) is 4. The van der Waals surface area contributed by atoms with E-state index in [1.54, 1.807) is 47.4 Å². The Morgan fingerprint density at radius 1 is 1.19 bits per heavy atom. The van der Waals surface area contributed by atoms with Crippen molar-refractivity contribution in [2.24, 2.45) is 0 Å². The van der Waals surface area contributed by atoms with E-state index in [0.29, 0.717) is 17.1 Å². The Balaban J connectivity index is 2.30. The van der Waals surface area contributed by atoms with Crippen molar-refractivity contribution in [3.05, 3.63) is 64.7 Å². The molecule has 1 amide bonds. The van der Waals surface area contributed by atoms with Gasteiger partial charge < -0.3 is 9.08 Å². The predicted octanol–water partition coefficient (Wildman–Crippen LogP) is 4.12. The number of nitrogens with zero attached hydrogens (tertiary/aromatic N) is 1. The van der Waals surface area contributed by atoms with Crippen LogP contribution >= 0.6 is 11.6 Å². The molecule has 0 bridgehead atoms. The van der Waals surface area contributed by atoms with E-state index in [1.807, 2.05) is 19.9 Å². The topological polar surface area (TPSA) is 63.7 Å². The first kappa shape index (κ1) is 20.3. The summed E-state index contributed by atoms with van der Waals surface area (Å²) < 4.78 is 27.6. The SMILES string of the molecule is CC[C@@H](C)N(Cc1cccc(OS(C)(=O)=O)c1)C(=O)c1ccccc1Cl. The fourth-order valence-electron chi connectivity index (χ4n) is 2.50. The summed E-state index contributed by atoms with van der Waals surface area (Å²) in [7, 11) is -3.61. The molecule has 7 heteroatoms.